The third-order valence-corrected chi connectivity index (χ3v) is 5.72. The van der Waals surface area contributed by atoms with Crippen molar-refractivity contribution in [3.63, 3.8) is 0 Å². The summed E-state index contributed by atoms with van der Waals surface area (Å²) in [6.07, 6.45) is 2.14. The van der Waals surface area contributed by atoms with Gasteiger partial charge in [0.2, 0.25) is 0 Å². The Bertz CT molecular complexity index is 1120. The number of nitro groups is 1. The second-order valence-corrected chi connectivity index (χ2v) is 7.89. The summed E-state index contributed by atoms with van der Waals surface area (Å²) in [4.78, 5) is 36.6. The van der Waals surface area contributed by atoms with Gasteiger partial charge in [-0.2, -0.15) is 0 Å². The molecule has 1 unspecified atom stereocenters. The highest BCUT2D eigenvalue weighted by atomic mass is 16.6. The minimum absolute atomic E-state index is 0.0808. The Morgan fingerprint density at radius 2 is 1.68 bits per heavy atom. The predicted octanol–water partition coefficient (Wildman–Crippen LogP) is 4.57. The van der Waals surface area contributed by atoms with Crippen molar-refractivity contribution in [2.24, 2.45) is 0 Å². The van der Waals surface area contributed by atoms with E-state index in [0.29, 0.717) is 29.0 Å². The van der Waals surface area contributed by atoms with Crippen molar-refractivity contribution >= 4 is 17.6 Å². The Labute approximate surface area is 198 Å². The van der Waals surface area contributed by atoms with E-state index in [2.05, 4.69) is 17.4 Å². The van der Waals surface area contributed by atoms with E-state index in [1.807, 2.05) is 18.2 Å². The molecule has 1 aliphatic rings. The minimum atomic E-state index is -0.778. The van der Waals surface area contributed by atoms with Gasteiger partial charge in [-0.15, -0.1) is 0 Å². The maximum atomic E-state index is 13.2. The number of nitrogens with zero attached hydrogens (tertiary/aromatic N) is 1. The van der Waals surface area contributed by atoms with Crippen molar-refractivity contribution in [3.8, 4) is 0 Å². The number of carbonyl (C=O) groups is 2. The molecule has 1 aliphatic heterocycles. The molecule has 0 bridgehead atoms. The van der Waals surface area contributed by atoms with Crippen LogP contribution in [0.25, 0.3) is 0 Å². The molecule has 34 heavy (non-hydrogen) atoms. The number of rotatable bonds is 9. The number of non-ortho nitro benzene ring substituents is 1. The summed E-state index contributed by atoms with van der Waals surface area (Å²) < 4.78 is 10.4. The first kappa shape index (κ1) is 24.7. The van der Waals surface area contributed by atoms with Crippen LogP contribution >= 0.6 is 0 Å². The van der Waals surface area contributed by atoms with Gasteiger partial charge in [-0.1, -0.05) is 42.5 Å². The van der Waals surface area contributed by atoms with E-state index < -0.39 is 22.8 Å². The number of hydrogen-bond acceptors (Lipinski definition) is 7. The number of esters is 2. The number of hydrogen-bond donors (Lipinski definition) is 1. The van der Waals surface area contributed by atoms with Crippen molar-refractivity contribution in [2.75, 3.05) is 13.7 Å². The quantitative estimate of drug-likeness (QED) is 0.329. The highest BCUT2D eigenvalue weighted by Gasteiger charge is 2.38. The molecular formula is C26H28N2O6. The number of methoxy groups -OCH3 is 1. The summed E-state index contributed by atoms with van der Waals surface area (Å²) in [7, 11) is 1.28. The lowest BCUT2D eigenvalue weighted by atomic mass is 9.79. The lowest BCUT2D eigenvalue weighted by Crippen LogP contribution is -2.33. The Morgan fingerprint density at radius 3 is 2.26 bits per heavy atom. The van der Waals surface area contributed by atoms with Crippen molar-refractivity contribution in [1.29, 1.82) is 0 Å². The van der Waals surface area contributed by atoms with E-state index in [-0.39, 0.29) is 17.9 Å². The van der Waals surface area contributed by atoms with Crippen LogP contribution in [0.2, 0.25) is 0 Å². The zero-order valence-electron chi connectivity index (χ0n) is 19.5. The van der Waals surface area contributed by atoms with E-state index in [1.165, 1.54) is 24.8 Å². The van der Waals surface area contributed by atoms with E-state index >= 15 is 0 Å². The fourth-order valence-corrected chi connectivity index (χ4v) is 4.16. The molecule has 1 atom stereocenters. The summed E-state index contributed by atoms with van der Waals surface area (Å²) in [5, 5.41) is 14.4. The molecular weight excluding hydrogens is 436 g/mol. The van der Waals surface area contributed by atoms with Gasteiger partial charge in [0.15, 0.2) is 0 Å². The van der Waals surface area contributed by atoms with Crippen LogP contribution in [0.5, 0.6) is 0 Å². The molecule has 2 aromatic carbocycles. The van der Waals surface area contributed by atoms with Gasteiger partial charge in [0, 0.05) is 23.5 Å². The number of carbonyl (C=O) groups excluding carboxylic acids is 2. The topological polar surface area (TPSA) is 108 Å². The van der Waals surface area contributed by atoms with Gasteiger partial charge in [0.05, 0.1) is 35.7 Å². The van der Waals surface area contributed by atoms with Gasteiger partial charge < -0.3 is 14.8 Å². The molecule has 0 saturated carbocycles. The van der Waals surface area contributed by atoms with E-state index in [4.69, 9.17) is 9.47 Å². The van der Waals surface area contributed by atoms with Crippen molar-refractivity contribution < 1.29 is 24.0 Å². The Balaban J connectivity index is 2.05. The predicted molar refractivity (Wildman–Crippen MR) is 127 cm³/mol. The molecule has 0 saturated heterocycles. The summed E-state index contributed by atoms with van der Waals surface area (Å²) in [6.45, 7) is 3.64. The monoisotopic (exact) mass is 464 g/mol. The Morgan fingerprint density at radius 1 is 1.00 bits per heavy atom. The highest BCUT2D eigenvalue weighted by molar-refractivity contribution is 5.99. The summed E-state index contributed by atoms with van der Waals surface area (Å²) in [6, 6.07) is 15.9. The van der Waals surface area contributed by atoms with Crippen LogP contribution < -0.4 is 5.32 Å². The molecule has 0 amide bonds. The number of aryl methyl sites for hydroxylation is 1. The zero-order chi connectivity index (χ0) is 24.7. The molecule has 0 spiro atoms. The fourth-order valence-electron chi connectivity index (χ4n) is 4.16. The zero-order valence-corrected chi connectivity index (χ0v) is 19.5. The van der Waals surface area contributed by atoms with Gasteiger partial charge in [-0.3, -0.25) is 10.1 Å². The number of ether oxygens (including phenoxy) is 2. The third-order valence-electron chi connectivity index (χ3n) is 5.72. The van der Waals surface area contributed by atoms with E-state index in [0.717, 1.165) is 12.8 Å². The Kier molecular flexibility index (Phi) is 8.19. The van der Waals surface area contributed by atoms with Crippen molar-refractivity contribution in [3.05, 3.63) is 98.4 Å². The second-order valence-electron chi connectivity index (χ2n) is 7.89. The minimum Gasteiger partial charge on any atom is -0.466 e. The number of dihydropyridines is 1. The molecule has 0 fully saturated rings. The van der Waals surface area contributed by atoms with Crippen LogP contribution in [0.4, 0.5) is 5.69 Å². The first-order chi connectivity index (χ1) is 16.4. The van der Waals surface area contributed by atoms with Gasteiger partial charge in [0.1, 0.15) is 0 Å². The average Bonchev–Trinajstić information content (AvgIpc) is 2.84. The lowest BCUT2D eigenvalue weighted by Gasteiger charge is -2.31. The van der Waals surface area contributed by atoms with Crippen LogP contribution in [0.1, 0.15) is 43.7 Å². The summed E-state index contributed by atoms with van der Waals surface area (Å²) >= 11 is 0. The third kappa shape index (κ3) is 5.51. The molecule has 0 aromatic heterocycles. The summed E-state index contributed by atoms with van der Waals surface area (Å²) in [5.41, 5.74) is 3.49. The highest BCUT2D eigenvalue weighted by Crippen LogP contribution is 2.40. The van der Waals surface area contributed by atoms with E-state index in [9.17, 15) is 19.7 Å². The van der Waals surface area contributed by atoms with Gasteiger partial charge in [-0.05, 0) is 44.2 Å². The van der Waals surface area contributed by atoms with E-state index in [1.54, 1.807) is 26.0 Å². The molecule has 0 aliphatic carbocycles. The van der Waals surface area contributed by atoms with Crippen LogP contribution in [0, 0.1) is 10.1 Å². The smallest absolute Gasteiger partial charge is 0.336 e. The molecule has 178 valence electrons. The van der Waals surface area contributed by atoms with Crippen LogP contribution in [-0.4, -0.2) is 30.6 Å². The maximum Gasteiger partial charge on any atom is 0.336 e. The first-order valence-electron chi connectivity index (χ1n) is 11.1. The van der Waals surface area contributed by atoms with Gasteiger partial charge >= 0.3 is 11.9 Å². The van der Waals surface area contributed by atoms with Crippen LogP contribution in [0.15, 0.2) is 77.1 Å². The average molecular weight is 465 g/mol. The van der Waals surface area contributed by atoms with Gasteiger partial charge in [0.25, 0.3) is 5.69 Å². The van der Waals surface area contributed by atoms with Crippen LogP contribution in [-0.2, 0) is 25.5 Å². The second kappa shape index (κ2) is 11.3. The number of allylic oxidation sites excluding steroid dienone is 2. The maximum absolute atomic E-state index is 13.2. The standard InChI is InChI=1S/C26H28N2O6/c1-4-34-26(30)24-21(12-8-11-18-9-6-5-7-10-18)27-17(2)22(25(29)33-3)23(24)19-13-15-20(16-14-19)28(31)32/h5-7,9-10,13-16,23,27H,4,8,11-12H2,1-3H3. The van der Waals surface area contributed by atoms with Crippen LogP contribution in [0.3, 0.4) is 0 Å². The summed E-state index contributed by atoms with van der Waals surface area (Å²) in [5.74, 6) is -1.90. The Hall–Kier alpha value is -3.94. The largest absolute Gasteiger partial charge is 0.466 e. The van der Waals surface area contributed by atoms with Gasteiger partial charge in [-0.25, -0.2) is 9.59 Å². The molecule has 0 radical (unpaired) electrons. The number of benzene rings is 2. The van der Waals surface area contributed by atoms with Crippen molar-refractivity contribution in [2.45, 2.75) is 39.0 Å². The molecule has 1 heterocycles. The molecule has 8 heteroatoms. The number of nitrogens with one attached hydrogen (secondary N) is 1. The normalized spacial score (nSPS) is 15.6. The SMILES string of the molecule is CCOC(=O)C1=C(CCCc2ccccc2)NC(C)=C(C(=O)OC)C1c1ccc([N+](=O)[O-])cc1. The molecule has 8 nitrogen and oxygen atoms in total. The number of nitro benzene ring substituents is 1. The van der Waals surface area contributed by atoms with Crippen molar-refractivity contribution in [1.82, 2.24) is 5.32 Å². The molecule has 1 N–H and O–H groups in total. The molecule has 3 rings (SSSR count). The fraction of sp³-hybridized carbons (Fsp3) is 0.308. The first-order valence-corrected chi connectivity index (χ1v) is 11.1. The lowest BCUT2D eigenvalue weighted by molar-refractivity contribution is -0.384. The molecule has 2 aromatic rings.